The Balaban J connectivity index is 2.56. The summed E-state index contributed by atoms with van der Waals surface area (Å²) in [4.78, 5) is 22.4. The van der Waals surface area contributed by atoms with Gasteiger partial charge in [0.1, 0.15) is 0 Å². The summed E-state index contributed by atoms with van der Waals surface area (Å²) in [6.07, 6.45) is -4.38. The normalized spacial score (nSPS) is 11.1. The molecule has 0 fully saturated rings. The van der Waals surface area contributed by atoms with Gasteiger partial charge in [0.05, 0.1) is 24.3 Å². The van der Waals surface area contributed by atoms with Crippen molar-refractivity contribution in [3.05, 3.63) is 29.8 Å². The van der Waals surface area contributed by atoms with Crippen LogP contribution in [0.2, 0.25) is 0 Å². The van der Waals surface area contributed by atoms with E-state index < -0.39 is 31.1 Å². The molecule has 0 aliphatic rings. The minimum absolute atomic E-state index is 0.0895. The zero-order valence-electron chi connectivity index (χ0n) is 9.75. The number of primary amides is 1. The summed E-state index contributed by atoms with van der Waals surface area (Å²) in [6.45, 7) is -1.79. The molecule has 19 heavy (non-hydrogen) atoms. The Labute approximate surface area is 107 Å². The lowest BCUT2D eigenvalue weighted by Crippen LogP contribution is -2.35. The molecule has 0 heterocycles. The second-order valence-electron chi connectivity index (χ2n) is 3.68. The fraction of sp³-hybridized carbons (Fsp3) is 0.273. The van der Waals surface area contributed by atoms with Gasteiger partial charge in [-0.2, -0.15) is 13.2 Å². The largest absolute Gasteiger partial charge is 0.401 e. The molecule has 4 N–H and O–H groups in total. The molecule has 104 valence electrons. The van der Waals surface area contributed by atoms with Gasteiger partial charge in [-0.3, -0.25) is 9.59 Å². The van der Waals surface area contributed by atoms with Crippen LogP contribution in [-0.4, -0.2) is 31.1 Å². The maximum atomic E-state index is 11.8. The van der Waals surface area contributed by atoms with Crippen LogP contribution in [0.25, 0.3) is 0 Å². The van der Waals surface area contributed by atoms with Gasteiger partial charge in [0, 0.05) is 0 Å². The number of para-hydroxylation sites is 1. The summed E-state index contributed by atoms with van der Waals surface area (Å²) in [5.41, 5.74) is 5.34. The number of halogens is 3. The second-order valence-corrected chi connectivity index (χ2v) is 3.68. The third-order valence-corrected chi connectivity index (χ3v) is 2.08. The summed E-state index contributed by atoms with van der Waals surface area (Å²) < 4.78 is 35.5. The molecule has 0 atom stereocenters. The monoisotopic (exact) mass is 275 g/mol. The number of anilines is 1. The van der Waals surface area contributed by atoms with Crippen LogP contribution < -0.4 is 16.4 Å². The predicted octanol–water partition coefficient (Wildman–Crippen LogP) is 0.876. The Kier molecular flexibility index (Phi) is 4.87. The molecule has 1 aromatic carbocycles. The lowest BCUT2D eigenvalue weighted by atomic mass is 10.1. The molecule has 0 aliphatic heterocycles. The third-order valence-electron chi connectivity index (χ3n) is 2.08. The smallest absolute Gasteiger partial charge is 0.366 e. The molecule has 1 aromatic rings. The molecule has 0 bridgehead atoms. The van der Waals surface area contributed by atoms with E-state index in [-0.39, 0.29) is 11.3 Å². The number of nitrogens with two attached hydrogens (primary N) is 1. The van der Waals surface area contributed by atoms with Gasteiger partial charge in [-0.1, -0.05) is 12.1 Å². The van der Waals surface area contributed by atoms with Crippen LogP contribution in [-0.2, 0) is 4.79 Å². The SMILES string of the molecule is NC(=O)c1ccccc1NC(=O)CNCC(F)(F)F. The van der Waals surface area contributed by atoms with Gasteiger partial charge in [-0.25, -0.2) is 0 Å². The van der Waals surface area contributed by atoms with Crippen molar-refractivity contribution in [3.8, 4) is 0 Å². The number of carbonyl (C=O) groups is 2. The summed E-state index contributed by atoms with van der Waals surface area (Å²) >= 11 is 0. The van der Waals surface area contributed by atoms with E-state index in [4.69, 9.17) is 5.73 Å². The van der Waals surface area contributed by atoms with Crippen LogP contribution in [0.1, 0.15) is 10.4 Å². The van der Waals surface area contributed by atoms with Crippen LogP contribution >= 0.6 is 0 Å². The zero-order chi connectivity index (χ0) is 14.5. The molecule has 0 aromatic heterocycles. The highest BCUT2D eigenvalue weighted by Crippen LogP contribution is 2.14. The van der Waals surface area contributed by atoms with Crippen molar-refractivity contribution in [1.82, 2.24) is 5.32 Å². The lowest BCUT2D eigenvalue weighted by molar-refractivity contribution is -0.126. The van der Waals surface area contributed by atoms with Crippen LogP contribution in [0.4, 0.5) is 18.9 Å². The molecule has 0 aliphatic carbocycles. The van der Waals surface area contributed by atoms with Crippen molar-refractivity contribution >= 4 is 17.5 Å². The minimum Gasteiger partial charge on any atom is -0.366 e. The molecule has 8 heteroatoms. The Morgan fingerprint density at radius 1 is 1.21 bits per heavy atom. The first-order valence-corrected chi connectivity index (χ1v) is 5.26. The van der Waals surface area contributed by atoms with Gasteiger partial charge in [0.2, 0.25) is 5.91 Å². The number of carbonyl (C=O) groups excluding carboxylic acids is 2. The van der Waals surface area contributed by atoms with E-state index in [1.807, 2.05) is 5.32 Å². The molecule has 0 radical (unpaired) electrons. The van der Waals surface area contributed by atoms with Crippen LogP contribution in [0.5, 0.6) is 0 Å². The average Bonchev–Trinajstić information content (AvgIpc) is 2.27. The summed E-state index contributed by atoms with van der Waals surface area (Å²) in [6, 6.07) is 5.95. The standard InChI is InChI=1S/C11H12F3N3O2/c12-11(13,14)6-16-5-9(18)17-8-4-2-1-3-7(8)10(15)19/h1-4,16H,5-6H2,(H2,15,19)(H,17,18). The lowest BCUT2D eigenvalue weighted by Gasteiger charge is -2.10. The van der Waals surface area contributed by atoms with Crippen LogP contribution in [0.15, 0.2) is 24.3 Å². The molecule has 0 spiro atoms. The van der Waals surface area contributed by atoms with Gasteiger partial charge in [-0.15, -0.1) is 0 Å². The molecular weight excluding hydrogens is 263 g/mol. The van der Waals surface area contributed by atoms with E-state index in [9.17, 15) is 22.8 Å². The molecule has 1 rings (SSSR count). The van der Waals surface area contributed by atoms with E-state index in [2.05, 4.69) is 5.32 Å². The first kappa shape index (κ1) is 15.0. The van der Waals surface area contributed by atoms with Crippen LogP contribution in [0, 0.1) is 0 Å². The number of hydrogen-bond acceptors (Lipinski definition) is 3. The van der Waals surface area contributed by atoms with Crippen LogP contribution in [0.3, 0.4) is 0 Å². The highest BCUT2D eigenvalue weighted by Gasteiger charge is 2.26. The first-order chi connectivity index (χ1) is 8.79. The Morgan fingerprint density at radius 3 is 2.42 bits per heavy atom. The highest BCUT2D eigenvalue weighted by atomic mass is 19.4. The first-order valence-electron chi connectivity index (χ1n) is 5.26. The second kappa shape index (κ2) is 6.19. The van der Waals surface area contributed by atoms with E-state index in [1.54, 1.807) is 12.1 Å². The predicted molar refractivity (Wildman–Crippen MR) is 62.5 cm³/mol. The van der Waals surface area contributed by atoms with Crippen molar-refractivity contribution in [3.63, 3.8) is 0 Å². The topological polar surface area (TPSA) is 84.2 Å². The number of nitrogens with one attached hydrogen (secondary N) is 2. The van der Waals surface area contributed by atoms with Gasteiger partial charge in [0.15, 0.2) is 0 Å². The summed E-state index contributed by atoms with van der Waals surface area (Å²) in [5, 5.41) is 4.25. The molecular formula is C11H12F3N3O2. The zero-order valence-corrected chi connectivity index (χ0v) is 9.75. The van der Waals surface area contributed by atoms with Gasteiger partial charge < -0.3 is 16.4 Å². The highest BCUT2D eigenvalue weighted by molar-refractivity contribution is 6.03. The fourth-order valence-electron chi connectivity index (χ4n) is 1.32. The van der Waals surface area contributed by atoms with E-state index in [0.717, 1.165) is 0 Å². The quantitative estimate of drug-likeness (QED) is 0.745. The average molecular weight is 275 g/mol. The number of benzene rings is 1. The van der Waals surface area contributed by atoms with Crippen molar-refractivity contribution in [2.24, 2.45) is 5.73 Å². The minimum atomic E-state index is -4.38. The number of hydrogen-bond donors (Lipinski definition) is 3. The number of amides is 2. The molecule has 5 nitrogen and oxygen atoms in total. The van der Waals surface area contributed by atoms with Crippen molar-refractivity contribution in [1.29, 1.82) is 0 Å². The van der Waals surface area contributed by atoms with E-state index in [0.29, 0.717) is 0 Å². The Bertz CT molecular complexity index is 474. The molecule has 0 saturated heterocycles. The van der Waals surface area contributed by atoms with Crippen molar-refractivity contribution < 1.29 is 22.8 Å². The van der Waals surface area contributed by atoms with Gasteiger partial charge in [0.25, 0.3) is 5.91 Å². The fourth-order valence-corrected chi connectivity index (χ4v) is 1.32. The summed E-state index contributed by atoms with van der Waals surface area (Å²) in [5.74, 6) is -1.43. The van der Waals surface area contributed by atoms with E-state index in [1.165, 1.54) is 12.1 Å². The Morgan fingerprint density at radius 2 is 1.84 bits per heavy atom. The Hall–Kier alpha value is -2.09. The maximum absolute atomic E-state index is 11.8. The third kappa shape index (κ3) is 5.38. The molecule has 2 amide bonds. The van der Waals surface area contributed by atoms with Crippen molar-refractivity contribution in [2.75, 3.05) is 18.4 Å². The molecule has 0 unspecified atom stereocenters. The summed E-state index contributed by atoms with van der Waals surface area (Å²) in [7, 11) is 0. The number of alkyl halides is 3. The van der Waals surface area contributed by atoms with Gasteiger partial charge in [-0.05, 0) is 12.1 Å². The van der Waals surface area contributed by atoms with Gasteiger partial charge >= 0.3 is 6.18 Å². The van der Waals surface area contributed by atoms with E-state index >= 15 is 0 Å². The molecule has 0 saturated carbocycles. The maximum Gasteiger partial charge on any atom is 0.401 e. The van der Waals surface area contributed by atoms with Crippen molar-refractivity contribution in [2.45, 2.75) is 6.18 Å². The number of rotatable bonds is 5.